The molecular weight excluding hydrogens is 372 g/mol. The molecule has 2 N–H and O–H groups in total. The van der Waals surface area contributed by atoms with E-state index in [1.165, 1.54) is 27.5 Å². The van der Waals surface area contributed by atoms with E-state index in [0.717, 1.165) is 24.1 Å². The topological polar surface area (TPSA) is 80.7 Å². The number of benzene rings is 1. The summed E-state index contributed by atoms with van der Waals surface area (Å²) in [4.78, 5) is 33.9. The van der Waals surface area contributed by atoms with Crippen LogP contribution >= 0.6 is 11.3 Å². The molecule has 28 heavy (non-hydrogen) atoms. The summed E-state index contributed by atoms with van der Waals surface area (Å²) < 4.78 is 1.50. The van der Waals surface area contributed by atoms with Gasteiger partial charge in [-0.25, -0.2) is 4.98 Å². The van der Waals surface area contributed by atoms with Gasteiger partial charge in [-0.2, -0.15) is 0 Å². The molecule has 2 aromatic heterocycles. The number of amides is 1. The van der Waals surface area contributed by atoms with Gasteiger partial charge in [0.25, 0.3) is 11.5 Å². The number of likely N-dealkylation sites (tertiary alicyclic amines) is 1. The maximum atomic E-state index is 13.1. The third-order valence-corrected chi connectivity index (χ3v) is 6.38. The van der Waals surface area contributed by atoms with E-state index in [-0.39, 0.29) is 23.1 Å². The molecule has 0 aliphatic carbocycles. The van der Waals surface area contributed by atoms with Crippen LogP contribution in [0.3, 0.4) is 0 Å². The Hall–Kier alpha value is -2.51. The zero-order chi connectivity index (χ0) is 19.7. The van der Waals surface area contributed by atoms with Crippen LogP contribution in [0.15, 0.2) is 47.5 Å². The highest BCUT2D eigenvalue weighted by atomic mass is 32.1. The molecule has 2 atom stereocenters. The average Bonchev–Trinajstić information content (AvgIpc) is 3.12. The summed E-state index contributed by atoms with van der Waals surface area (Å²) in [6, 6.07) is 10.1. The summed E-state index contributed by atoms with van der Waals surface area (Å²) in [6.45, 7) is 3.16. The number of carbonyl (C=O) groups is 1. The van der Waals surface area contributed by atoms with Crippen LogP contribution in [-0.2, 0) is 6.42 Å². The Morgan fingerprint density at radius 3 is 2.82 bits per heavy atom. The van der Waals surface area contributed by atoms with E-state index in [9.17, 15) is 9.59 Å². The quantitative estimate of drug-likeness (QED) is 0.735. The molecule has 146 valence electrons. The molecule has 0 radical (unpaired) electrons. The zero-order valence-electron chi connectivity index (χ0n) is 15.9. The van der Waals surface area contributed by atoms with Gasteiger partial charge in [-0.05, 0) is 24.3 Å². The molecule has 1 aliphatic rings. The van der Waals surface area contributed by atoms with Crippen molar-refractivity contribution < 1.29 is 4.79 Å². The highest BCUT2D eigenvalue weighted by Gasteiger charge is 2.31. The molecule has 1 amide bonds. The van der Waals surface area contributed by atoms with Gasteiger partial charge in [0.1, 0.15) is 5.56 Å². The fourth-order valence-corrected chi connectivity index (χ4v) is 4.78. The maximum Gasteiger partial charge on any atom is 0.271 e. The van der Waals surface area contributed by atoms with Crippen molar-refractivity contribution >= 4 is 22.2 Å². The summed E-state index contributed by atoms with van der Waals surface area (Å²) in [6.07, 6.45) is 5.89. The summed E-state index contributed by atoms with van der Waals surface area (Å²) >= 11 is 1.47. The molecular formula is C21H24N4O2S. The van der Waals surface area contributed by atoms with Crippen molar-refractivity contribution in [3.05, 3.63) is 69.1 Å². The minimum absolute atomic E-state index is 0.0140. The molecule has 0 spiro atoms. The van der Waals surface area contributed by atoms with Crippen LogP contribution < -0.4 is 11.3 Å². The number of piperidine rings is 1. The average molecular weight is 397 g/mol. The van der Waals surface area contributed by atoms with Crippen LogP contribution in [0.5, 0.6) is 0 Å². The summed E-state index contributed by atoms with van der Waals surface area (Å²) in [5, 5.41) is 0. The number of fused-ring (bicyclic) bond motifs is 1. The fraction of sp³-hybridized carbons (Fsp3) is 0.381. The van der Waals surface area contributed by atoms with E-state index in [0.29, 0.717) is 24.0 Å². The predicted octanol–water partition coefficient (Wildman–Crippen LogP) is 2.55. The SMILES string of the molecule is CC1CCC(CN)N(C(=O)c2cnc3sc(Cc4ccccc4)cn3c2=O)C1. The first-order valence-corrected chi connectivity index (χ1v) is 10.4. The van der Waals surface area contributed by atoms with Crippen LogP contribution in [0.2, 0.25) is 0 Å². The van der Waals surface area contributed by atoms with Crippen molar-refractivity contribution in [2.24, 2.45) is 11.7 Å². The number of thiazole rings is 1. The minimum atomic E-state index is -0.306. The lowest BCUT2D eigenvalue weighted by atomic mass is 9.93. The lowest BCUT2D eigenvalue weighted by Crippen LogP contribution is -2.50. The Morgan fingerprint density at radius 1 is 1.29 bits per heavy atom. The molecule has 2 unspecified atom stereocenters. The second-order valence-corrected chi connectivity index (χ2v) is 8.61. The standard InChI is InChI=1S/C21H24N4O2S/c1-14-7-8-16(10-22)24(12-14)19(26)18-11-23-21-25(20(18)27)13-17(28-21)9-15-5-3-2-4-6-15/h2-6,11,13-14,16H,7-10,12,22H2,1H3. The second-order valence-electron chi connectivity index (χ2n) is 7.52. The molecule has 1 fully saturated rings. The molecule has 4 rings (SSSR count). The second kappa shape index (κ2) is 7.85. The molecule has 3 aromatic rings. The van der Waals surface area contributed by atoms with Gasteiger partial charge in [-0.1, -0.05) is 37.3 Å². The van der Waals surface area contributed by atoms with Gasteiger partial charge in [0.15, 0.2) is 4.96 Å². The smallest absolute Gasteiger partial charge is 0.271 e. The normalized spacial score (nSPS) is 19.9. The maximum absolute atomic E-state index is 13.1. The van der Waals surface area contributed by atoms with E-state index in [4.69, 9.17) is 5.73 Å². The Morgan fingerprint density at radius 2 is 2.07 bits per heavy atom. The van der Waals surface area contributed by atoms with Crippen molar-refractivity contribution in [1.82, 2.24) is 14.3 Å². The largest absolute Gasteiger partial charge is 0.334 e. The molecule has 1 saturated heterocycles. The van der Waals surface area contributed by atoms with E-state index in [2.05, 4.69) is 24.0 Å². The van der Waals surface area contributed by atoms with E-state index >= 15 is 0 Å². The lowest BCUT2D eigenvalue weighted by Gasteiger charge is -2.38. The molecule has 0 saturated carbocycles. The van der Waals surface area contributed by atoms with Gasteiger partial charge in [0, 0.05) is 42.8 Å². The van der Waals surface area contributed by atoms with Gasteiger partial charge in [-0.3, -0.25) is 14.0 Å². The Bertz CT molecular complexity index is 1040. The minimum Gasteiger partial charge on any atom is -0.334 e. The van der Waals surface area contributed by atoms with Gasteiger partial charge < -0.3 is 10.6 Å². The summed E-state index contributed by atoms with van der Waals surface area (Å²) in [5.41, 5.74) is 6.86. The third kappa shape index (κ3) is 3.59. The Labute approximate surface area is 167 Å². The van der Waals surface area contributed by atoms with E-state index in [1.54, 1.807) is 11.1 Å². The van der Waals surface area contributed by atoms with Crippen LogP contribution in [0.4, 0.5) is 0 Å². The molecule has 1 aliphatic heterocycles. The number of nitrogens with two attached hydrogens (primary N) is 1. The van der Waals surface area contributed by atoms with Gasteiger partial charge in [-0.15, -0.1) is 11.3 Å². The molecule has 1 aromatic carbocycles. The van der Waals surface area contributed by atoms with E-state index in [1.807, 2.05) is 18.2 Å². The predicted molar refractivity (Wildman–Crippen MR) is 111 cm³/mol. The van der Waals surface area contributed by atoms with E-state index < -0.39 is 0 Å². The highest BCUT2D eigenvalue weighted by Crippen LogP contribution is 2.23. The van der Waals surface area contributed by atoms with Gasteiger partial charge >= 0.3 is 0 Å². The summed E-state index contributed by atoms with van der Waals surface area (Å²) in [7, 11) is 0. The van der Waals surface area contributed by atoms with Crippen molar-refractivity contribution in [3.63, 3.8) is 0 Å². The number of rotatable bonds is 4. The van der Waals surface area contributed by atoms with Crippen LogP contribution in [-0.4, -0.2) is 39.3 Å². The van der Waals surface area contributed by atoms with Crippen LogP contribution in [0.25, 0.3) is 4.96 Å². The first-order chi connectivity index (χ1) is 13.6. The third-order valence-electron chi connectivity index (χ3n) is 5.38. The number of hydrogen-bond acceptors (Lipinski definition) is 5. The highest BCUT2D eigenvalue weighted by molar-refractivity contribution is 7.17. The molecule has 6 nitrogen and oxygen atoms in total. The first-order valence-electron chi connectivity index (χ1n) is 9.62. The molecule has 0 bridgehead atoms. The number of nitrogens with zero attached hydrogens (tertiary/aromatic N) is 3. The molecule has 3 heterocycles. The summed E-state index contributed by atoms with van der Waals surface area (Å²) in [5.74, 6) is 0.148. The Balaban J connectivity index is 1.65. The number of hydrogen-bond donors (Lipinski definition) is 1. The zero-order valence-corrected chi connectivity index (χ0v) is 16.7. The van der Waals surface area contributed by atoms with Crippen LogP contribution in [0, 0.1) is 5.92 Å². The van der Waals surface area contributed by atoms with Crippen molar-refractivity contribution in [2.75, 3.05) is 13.1 Å². The Kier molecular flexibility index (Phi) is 5.28. The number of aromatic nitrogens is 2. The van der Waals surface area contributed by atoms with Gasteiger partial charge in [0.05, 0.1) is 0 Å². The molecule has 7 heteroatoms. The monoisotopic (exact) mass is 396 g/mol. The van der Waals surface area contributed by atoms with Crippen molar-refractivity contribution in [1.29, 1.82) is 0 Å². The number of carbonyl (C=O) groups excluding carboxylic acids is 1. The van der Waals surface area contributed by atoms with Crippen molar-refractivity contribution in [3.8, 4) is 0 Å². The fourth-order valence-electron chi connectivity index (χ4n) is 3.81. The first kappa shape index (κ1) is 18.8. The van der Waals surface area contributed by atoms with Crippen molar-refractivity contribution in [2.45, 2.75) is 32.2 Å². The lowest BCUT2D eigenvalue weighted by molar-refractivity contribution is 0.0557. The van der Waals surface area contributed by atoms with Crippen LogP contribution in [0.1, 0.15) is 40.6 Å². The van der Waals surface area contributed by atoms with Gasteiger partial charge in [0.2, 0.25) is 0 Å².